The van der Waals surface area contributed by atoms with Gasteiger partial charge in [0.1, 0.15) is 5.56 Å². The van der Waals surface area contributed by atoms with Gasteiger partial charge in [-0.2, -0.15) is 10.2 Å². The number of aryl methyl sites for hydroxylation is 2. The van der Waals surface area contributed by atoms with Crippen molar-refractivity contribution >= 4 is 11.6 Å². The standard InChI is InChI=1S/C17H20N6O/c1-11-9-14(20-19-11)13-5-3-7-22(10-13)17(24)15-12(2)21-23-8-4-6-18-16(15)23/h4,6,8-9,13H,3,5,7,10H2,1-2H3,(H,19,20). The first-order chi connectivity index (χ1) is 11.6. The number of aromatic amines is 1. The van der Waals surface area contributed by atoms with Crippen LogP contribution in [-0.2, 0) is 0 Å². The number of fused-ring (bicyclic) bond motifs is 1. The third-order valence-corrected chi connectivity index (χ3v) is 4.64. The molecule has 1 amide bonds. The number of carbonyl (C=O) groups excluding carboxylic acids is 1. The zero-order valence-electron chi connectivity index (χ0n) is 13.9. The Kier molecular flexibility index (Phi) is 3.55. The second kappa shape index (κ2) is 5.74. The van der Waals surface area contributed by atoms with Crippen LogP contribution in [0, 0.1) is 13.8 Å². The largest absolute Gasteiger partial charge is 0.338 e. The lowest BCUT2D eigenvalue weighted by Gasteiger charge is -2.31. The molecule has 1 fully saturated rings. The van der Waals surface area contributed by atoms with E-state index < -0.39 is 0 Å². The maximum absolute atomic E-state index is 13.1. The number of piperidine rings is 1. The van der Waals surface area contributed by atoms with Crippen LogP contribution in [0.4, 0.5) is 0 Å². The quantitative estimate of drug-likeness (QED) is 0.783. The van der Waals surface area contributed by atoms with Gasteiger partial charge in [-0.1, -0.05) is 0 Å². The van der Waals surface area contributed by atoms with Crippen molar-refractivity contribution in [2.24, 2.45) is 0 Å². The highest BCUT2D eigenvalue weighted by Crippen LogP contribution is 2.27. The van der Waals surface area contributed by atoms with E-state index in [-0.39, 0.29) is 11.8 Å². The average molecular weight is 324 g/mol. The minimum absolute atomic E-state index is 0.0122. The first-order valence-electron chi connectivity index (χ1n) is 8.24. The molecule has 7 nitrogen and oxygen atoms in total. The molecule has 4 rings (SSSR count). The summed E-state index contributed by atoms with van der Waals surface area (Å²) in [7, 11) is 0. The van der Waals surface area contributed by atoms with E-state index in [1.165, 1.54) is 0 Å². The van der Waals surface area contributed by atoms with E-state index in [0.29, 0.717) is 17.8 Å². The lowest BCUT2D eigenvalue weighted by atomic mass is 9.94. The molecule has 1 atom stereocenters. The molecule has 1 unspecified atom stereocenters. The van der Waals surface area contributed by atoms with E-state index in [0.717, 1.165) is 36.5 Å². The Bertz CT molecular complexity index is 896. The van der Waals surface area contributed by atoms with Crippen LogP contribution in [0.5, 0.6) is 0 Å². The Morgan fingerprint density at radius 3 is 3.04 bits per heavy atom. The Morgan fingerprint density at radius 1 is 1.38 bits per heavy atom. The fraction of sp³-hybridized carbons (Fsp3) is 0.412. The van der Waals surface area contributed by atoms with Gasteiger partial charge in [0.05, 0.1) is 11.4 Å². The number of nitrogens with one attached hydrogen (secondary N) is 1. The molecule has 0 saturated carbocycles. The van der Waals surface area contributed by atoms with Crippen LogP contribution < -0.4 is 0 Å². The smallest absolute Gasteiger partial charge is 0.259 e. The van der Waals surface area contributed by atoms with Gasteiger partial charge in [0.15, 0.2) is 5.65 Å². The average Bonchev–Trinajstić information content (AvgIpc) is 3.17. The molecule has 0 aliphatic carbocycles. The maximum atomic E-state index is 13.1. The summed E-state index contributed by atoms with van der Waals surface area (Å²) in [5.74, 6) is 0.293. The van der Waals surface area contributed by atoms with Gasteiger partial charge in [-0.15, -0.1) is 0 Å². The van der Waals surface area contributed by atoms with Crippen LogP contribution in [-0.4, -0.2) is 48.7 Å². The van der Waals surface area contributed by atoms with Crippen molar-refractivity contribution in [2.45, 2.75) is 32.6 Å². The molecular weight excluding hydrogens is 304 g/mol. The Labute approximate surface area is 139 Å². The van der Waals surface area contributed by atoms with Gasteiger partial charge in [-0.05, 0) is 38.8 Å². The highest BCUT2D eigenvalue weighted by molar-refractivity contribution is 6.01. The molecule has 4 heterocycles. The summed E-state index contributed by atoms with van der Waals surface area (Å²) < 4.78 is 1.67. The molecule has 0 spiro atoms. The summed E-state index contributed by atoms with van der Waals surface area (Å²) in [6, 6.07) is 3.88. The minimum Gasteiger partial charge on any atom is -0.338 e. The van der Waals surface area contributed by atoms with E-state index in [1.54, 1.807) is 10.7 Å². The van der Waals surface area contributed by atoms with Crippen molar-refractivity contribution in [3.05, 3.63) is 47.2 Å². The van der Waals surface area contributed by atoms with Gasteiger partial charge >= 0.3 is 0 Å². The number of H-pyrrole nitrogens is 1. The second-order valence-electron chi connectivity index (χ2n) is 6.41. The van der Waals surface area contributed by atoms with Crippen molar-refractivity contribution in [3.8, 4) is 0 Å². The zero-order chi connectivity index (χ0) is 16.7. The topological polar surface area (TPSA) is 79.2 Å². The van der Waals surface area contributed by atoms with Crippen molar-refractivity contribution in [1.29, 1.82) is 0 Å². The monoisotopic (exact) mass is 324 g/mol. The summed E-state index contributed by atoms with van der Waals surface area (Å²) in [6.07, 6.45) is 5.55. The molecule has 0 aromatic carbocycles. The molecular formula is C17H20N6O. The van der Waals surface area contributed by atoms with Gasteiger partial charge in [0.2, 0.25) is 0 Å². The molecule has 24 heavy (non-hydrogen) atoms. The van der Waals surface area contributed by atoms with Gasteiger partial charge in [0.25, 0.3) is 5.91 Å². The normalized spacial score (nSPS) is 18.2. The molecule has 3 aromatic rings. The predicted octanol–water partition coefficient (Wildman–Crippen LogP) is 2.09. The first kappa shape index (κ1) is 14.9. The number of nitrogens with zero attached hydrogens (tertiary/aromatic N) is 5. The highest BCUT2D eigenvalue weighted by Gasteiger charge is 2.29. The minimum atomic E-state index is 0.0122. The highest BCUT2D eigenvalue weighted by atomic mass is 16.2. The lowest BCUT2D eigenvalue weighted by Crippen LogP contribution is -2.39. The summed E-state index contributed by atoms with van der Waals surface area (Å²) in [4.78, 5) is 19.3. The van der Waals surface area contributed by atoms with Crippen molar-refractivity contribution in [3.63, 3.8) is 0 Å². The van der Waals surface area contributed by atoms with Crippen LogP contribution >= 0.6 is 0 Å². The number of rotatable bonds is 2. The molecule has 1 saturated heterocycles. The van der Waals surface area contributed by atoms with Gasteiger partial charge < -0.3 is 4.90 Å². The van der Waals surface area contributed by atoms with Crippen molar-refractivity contribution in [1.82, 2.24) is 29.7 Å². The summed E-state index contributed by atoms with van der Waals surface area (Å²) >= 11 is 0. The summed E-state index contributed by atoms with van der Waals surface area (Å²) in [5, 5.41) is 11.8. The van der Waals surface area contributed by atoms with E-state index >= 15 is 0 Å². The summed E-state index contributed by atoms with van der Waals surface area (Å²) in [5.41, 5.74) is 4.04. The van der Waals surface area contributed by atoms with Crippen molar-refractivity contribution in [2.75, 3.05) is 13.1 Å². The molecule has 0 bridgehead atoms. The predicted molar refractivity (Wildman–Crippen MR) is 88.9 cm³/mol. The fourth-order valence-corrected chi connectivity index (χ4v) is 3.46. The van der Waals surface area contributed by atoms with Crippen LogP contribution in [0.2, 0.25) is 0 Å². The van der Waals surface area contributed by atoms with Gasteiger partial charge in [-0.25, -0.2) is 9.50 Å². The Hall–Kier alpha value is -2.70. The van der Waals surface area contributed by atoms with Crippen LogP contribution in [0.25, 0.3) is 5.65 Å². The lowest BCUT2D eigenvalue weighted by molar-refractivity contribution is 0.0707. The molecule has 1 aliphatic heterocycles. The van der Waals surface area contributed by atoms with Gasteiger partial charge in [-0.3, -0.25) is 9.89 Å². The number of hydrogen-bond acceptors (Lipinski definition) is 4. The number of carbonyl (C=O) groups is 1. The zero-order valence-corrected chi connectivity index (χ0v) is 13.9. The molecule has 124 valence electrons. The first-order valence-corrected chi connectivity index (χ1v) is 8.24. The third kappa shape index (κ3) is 2.46. The summed E-state index contributed by atoms with van der Waals surface area (Å²) in [6.45, 7) is 5.31. The van der Waals surface area contributed by atoms with E-state index in [4.69, 9.17) is 0 Å². The number of hydrogen-bond donors (Lipinski definition) is 1. The van der Waals surface area contributed by atoms with E-state index in [2.05, 4.69) is 26.3 Å². The molecule has 7 heteroatoms. The fourth-order valence-electron chi connectivity index (χ4n) is 3.46. The van der Waals surface area contributed by atoms with Crippen LogP contribution in [0.1, 0.15) is 46.2 Å². The van der Waals surface area contributed by atoms with Crippen LogP contribution in [0.3, 0.4) is 0 Å². The van der Waals surface area contributed by atoms with E-state index in [1.807, 2.05) is 31.0 Å². The molecule has 0 radical (unpaired) electrons. The third-order valence-electron chi connectivity index (χ3n) is 4.64. The SMILES string of the molecule is Cc1cc(C2CCCN(C(=O)c3c(C)nn4cccnc34)C2)n[nH]1. The van der Waals surface area contributed by atoms with Gasteiger partial charge in [0, 0.05) is 37.1 Å². The molecule has 1 aliphatic rings. The molecule has 3 aromatic heterocycles. The molecule has 1 N–H and O–H groups in total. The van der Waals surface area contributed by atoms with E-state index in [9.17, 15) is 4.79 Å². The Morgan fingerprint density at radius 2 is 2.25 bits per heavy atom. The van der Waals surface area contributed by atoms with Crippen LogP contribution in [0.15, 0.2) is 24.5 Å². The second-order valence-corrected chi connectivity index (χ2v) is 6.41. The maximum Gasteiger partial charge on any atom is 0.259 e. The number of likely N-dealkylation sites (tertiary alicyclic amines) is 1. The number of aromatic nitrogens is 5. The Balaban J connectivity index is 1.62. The van der Waals surface area contributed by atoms with Crippen molar-refractivity contribution < 1.29 is 4.79 Å². The number of amides is 1.